The number of carbonyl (C=O) groups excluding carboxylic acids is 1. The maximum Gasteiger partial charge on any atom is 0.407 e. The molecule has 0 fully saturated rings. The summed E-state index contributed by atoms with van der Waals surface area (Å²) in [4.78, 5) is 11.6. The number of rotatable bonds is 6. The second-order valence-corrected chi connectivity index (χ2v) is 8.17. The van der Waals surface area contributed by atoms with Crippen molar-refractivity contribution in [3.63, 3.8) is 0 Å². The fourth-order valence-corrected chi connectivity index (χ4v) is 2.59. The summed E-state index contributed by atoms with van der Waals surface area (Å²) in [5.74, 6) is 0. The number of aliphatic hydroxyl groups excluding tert-OH is 1. The molecular weight excluding hydrogens is 334 g/mol. The van der Waals surface area contributed by atoms with Crippen molar-refractivity contribution in [1.29, 1.82) is 0 Å². The smallest absolute Gasteiger partial charge is 0.407 e. The SMILES string of the molecule is Cc1ccc(S(=O)(=O)OCC(O)C(C)NC(=O)OC(C)(C)C)cc1. The molecule has 0 radical (unpaired) electrons. The summed E-state index contributed by atoms with van der Waals surface area (Å²) in [7, 11) is -3.97. The predicted molar refractivity (Wildman–Crippen MR) is 89.2 cm³/mol. The minimum absolute atomic E-state index is 0.00746. The summed E-state index contributed by atoms with van der Waals surface area (Å²) in [6, 6.07) is 5.42. The predicted octanol–water partition coefficient (Wildman–Crippen LogP) is 1.97. The van der Waals surface area contributed by atoms with Gasteiger partial charge in [0.2, 0.25) is 0 Å². The standard InChI is InChI=1S/C16H25NO6S/c1-11-6-8-13(9-7-11)24(20,21)22-10-14(18)12(2)17-15(19)23-16(3,4)5/h6-9,12,14,18H,10H2,1-5H3,(H,17,19). The van der Waals surface area contributed by atoms with Crippen molar-refractivity contribution in [2.24, 2.45) is 0 Å². The largest absolute Gasteiger partial charge is 0.444 e. The molecule has 2 N–H and O–H groups in total. The molecule has 2 unspecified atom stereocenters. The second-order valence-electron chi connectivity index (χ2n) is 6.55. The third-order valence-corrected chi connectivity index (χ3v) is 4.32. The van der Waals surface area contributed by atoms with Gasteiger partial charge < -0.3 is 15.2 Å². The fourth-order valence-electron chi connectivity index (χ4n) is 1.67. The van der Waals surface area contributed by atoms with Gasteiger partial charge >= 0.3 is 6.09 Å². The Kier molecular flexibility index (Phi) is 6.76. The lowest BCUT2D eigenvalue weighted by Gasteiger charge is -2.24. The van der Waals surface area contributed by atoms with Crippen LogP contribution in [0.4, 0.5) is 4.79 Å². The molecule has 0 spiro atoms. The Morgan fingerprint density at radius 2 is 1.79 bits per heavy atom. The number of ether oxygens (including phenoxy) is 1. The zero-order chi connectivity index (χ0) is 18.5. The van der Waals surface area contributed by atoms with Crippen LogP contribution in [0, 0.1) is 6.92 Å². The number of benzene rings is 1. The maximum absolute atomic E-state index is 12.0. The molecule has 0 aromatic heterocycles. The van der Waals surface area contributed by atoms with E-state index in [1.165, 1.54) is 19.1 Å². The zero-order valence-electron chi connectivity index (χ0n) is 14.6. The molecule has 0 aliphatic heterocycles. The molecule has 1 rings (SSSR count). The van der Waals surface area contributed by atoms with Crippen molar-refractivity contribution >= 4 is 16.2 Å². The van der Waals surface area contributed by atoms with Crippen LogP contribution in [-0.2, 0) is 19.0 Å². The topological polar surface area (TPSA) is 102 Å². The summed E-state index contributed by atoms with van der Waals surface area (Å²) in [5, 5.41) is 12.4. The van der Waals surface area contributed by atoms with Crippen LogP contribution in [0.1, 0.15) is 33.3 Å². The average molecular weight is 359 g/mol. The van der Waals surface area contributed by atoms with Crippen molar-refractivity contribution in [1.82, 2.24) is 5.32 Å². The first-order valence-electron chi connectivity index (χ1n) is 7.54. The molecule has 0 aliphatic carbocycles. The van der Waals surface area contributed by atoms with Gasteiger partial charge in [-0.05, 0) is 46.8 Å². The monoisotopic (exact) mass is 359 g/mol. The van der Waals surface area contributed by atoms with Gasteiger partial charge in [0.1, 0.15) is 5.60 Å². The molecule has 0 heterocycles. The fraction of sp³-hybridized carbons (Fsp3) is 0.562. The number of aliphatic hydroxyl groups is 1. The summed E-state index contributed by atoms with van der Waals surface area (Å²) >= 11 is 0. The van der Waals surface area contributed by atoms with Crippen LogP contribution in [0.5, 0.6) is 0 Å². The third kappa shape index (κ3) is 6.86. The highest BCUT2D eigenvalue weighted by atomic mass is 32.2. The molecule has 2 atom stereocenters. The summed E-state index contributed by atoms with van der Waals surface area (Å²) in [5.41, 5.74) is 0.254. The number of amides is 1. The highest BCUT2D eigenvalue weighted by Gasteiger charge is 2.24. The van der Waals surface area contributed by atoms with E-state index in [2.05, 4.69) is 5.32 Å². The molecule has 0 saturated carbocycles. The number of alkyl carbamates (subject to hydrolysis) is 1. The van der Waals surface area contributed by atoms with Gasteiger partial charge in [0.05, 0.1) is 23.6 Å². The van der Waals surface area contributed by atoms with Gasteiger partial charge in [-0.2, -0.15) is 8.42 Å². The van der Waals surface area contributed by atoms with E-state index in [1.807, 2.05) is 6.92 Å². The van der Waals surface area contributed by atoms with E-state index in [0.717, 1.165) is 5.56 Å². The molecule has 1 amide bonds. The van der Waals surface area contributed by atoms with Gasteiger partial charge in [0, 0.05) is 0 Å². The van der Waals surface area contributed by atoms with Crippen molar-refractivity contribution in [2.75, 3.05) is 6.61 Å². The number of nitrogens with one attached hydrogen (secondary N) is 1. The molecule has 0 saturated heterocycles. The minimum atomic E-state index is -3.97. The minimum Gasteiger partial charge on any atom is -0.444 e. The molecular formula is C16H25NO6S. The first kappa shape index (κ1) is 20.4. The normalized spacial score (nSPS) is 14.8. The first-order chi connectivity index (χ1) is 10.9. The summed E-state index contributed by atoms with van der Waals surface area (Å²) in [6.07, 6.45) is -1.91. The lowest BCUT2D eigenvalue weighted by Crippen LogP contribution is -2.45. The Hall–Kier alpha value is -1.64. The van der Waals surface area contributed by atoms with Gasteiger partial charge in [-0.1, -0.05) is 17.7 Å². The van der Waals surface area contributed by atoms with Crippen LogP contribution in [0.15, 0.2) is 29.2 Å². The van der Waals surface area contributed by atoms with E-state index in [-0.39, 0.29) is 4.90 Å². The molecule has 0 bridgehead atoms. The van der Waals surface area contributed by atoms with Gasteiger partial charge in [0.15, 0.2) is 0 Å². The lowest BCUT2D eigenvalue weighted by molar-refractivity contribution is 0.0378. The van der Waals surface area contributed by atoms with Crippen molar-refractivity contribution in [2.45, 2.75) is 57.3 Å². The lowest BCUT2D eigenvalue weighted by atomic mass is 10.2. The van der Waals surface area contributed by atoms with Crippen LogP contribution in [0.3, 0.4) is 0 Å². The van der Waals surface area contributed by atoms with Crippen LogP contribution in [0.25, 0.3) is 0 Å². The molecule has 1 aromatic carbocycles. The Balaban J connectivity index is 2.56. The molecule has 136 valence electrons. The summed E-state index contributed by atoms with van der Waals surface area (Å²) in [6.45, 7) is 8.02. The zero-order valence-corrected chi connectivity index (χ0v) is 15.4. The number of hydrogen-bond donors (Lipinski definition) is 2. The molecule has 24 heavy (non-hydrogen) atoms. The van der Waals surface area contributed by atoms with Crippen LogP contribution >= 0.6 is 0 Å². The van der Waals surface area contributed by atoms with E-state index in [1.54, 1.807) is 32.9 Å². The van der Waals surface area contributed by atoms with Gasteiger partial charge in [-0.3, -0.25) is 4.18 Å². The van der Waals surface area contributed by atoms with E-state index in [4.69, 9.17) is 8.92 Å². The quantitative estimate of drug-likeness (QED) is 0.753. The van der Waals surface area contributed by atoms with Gasteiger partial charge in [-0.15, -0.1) is 0 Å². The van der Waals surface area contributed by atoms with Gasteiger partial charge in [-0.25, -0.2) is 4.79 Å². The first-order valence-corrected chi connectivity index (χ1v) is 8.95. The summed E-state index contributed by atoms with van der Waals surface area (Å²) < 4.78 is 34.0. The Bertz CT molecular complexity index is 648. The van der Waals surface area contributed by atoms with Crippen LogP contribution < -0.4 is 5.32 Å². The van der Waals surface area contributed by atoms with E-state index < -0.39 is 40.6 Å². The highest BCUT2D eigenvalue weighted by molar-refractivity contribution is 7.86. The molecule has 0 aliphatic rings. The van der Waals surface area contributed by atoms with E-state index >= 15 is 0 Å². The van der Waals surface area contributed by atoms with Crippen molar-refractivity contribution < 1.29 is 27.2 Å². The average Bonchev–Trinajstić information content (AvgIpc) is 2.43. The second kappa shape index (κ2) is 7.96. The molecule has 7 nitrogen and oxygen atoms in total. The van der Waals surface area contributed by atoms with Crippen molar-refractivity contribution in [3.8, 4) is 0 Å². The van der Waals surface area contributed by atoms with Crippen molar-refractivity contribution in [3.05, 3.63) is 29.8 Å². The highest BCUT2D eigenvalue weighted by Crippen LogP contribution is 2.14. The van der Waals surface area contributed by atoms with Gasteiger partial charge in [0.25, 0.3) is 10.1 Å². The molecule has 1 aromatic rings. The Morgan fingerprint density at radius 1 is 1.25 bits per heavy atom. The number of carbonyl (C=O) groups is 1. The van der Waals surface area contributed by atoms with E-state index in [0.29, 0.717) is 0 Å². The van der Waals surface area contributed by atoms with Crippen LogP contribution in [0.2, 0.25) is 0 Å². The van der Waals surface area contributed by atoms with Crippen LogP contribution in [-0.4, -0.2) is 44.0 Å². The van der Waals surface area contributed by atoms with E-state index in [9.17, 15) is 18.3 Å². The Labute approximate surface area is 143 Å². The maximum atomic E-state index is 12.0. The Morgan fingerprint density at radius 3 is 2.29 bits per heavy atom. The number of hydrogen-bond acceptors (Lipinski definition) is 6. The molecule has 8 heteroatoms. The third-order valence-electron chi connectivity index (χ3n) is 3.03. The number of aryl methyl sites for hydroxylation is 1.